The van der Waals surface area contributed by atoms with Crippen molar-refractivity contribution in [1.29, 1.82) is 0 Å². The van der Waals surface area contributed by atoms with Gasteiger partial charge in [-0.3, -0.25) is 9.69 Å². The van der Waals surface area contributed by atoms with Crippen molar-refractivity contribution in [3.8, 4) is 0 Å². The summed E-state index contributed by atoms with van der Waals surface area (Å²) in [7, 11) is 1.65. The lowest BCUT2D eigenvalue weighted by Gasteiger charge is -2.42. The number of aryl methyl sites for hydroxylation is 1. The van der Waals surface area contributed by atoms with Crippen molar-refractivity contribution in [1.82, 2.24) is 15.2 Å². The molecule has 1 atom stereocenters. The van der Waals surface area contributed by atoms with Gasteiger partial charge in [0.1, 0.15) is 5.69 Å². The summed E-state index contributed by atoms with van der Waals surface area (Å²) < 4.78 is 0. The summed E-state index contributed by atoms with van der Waals surface area (Å²) in [4.78, 5) is 21.6. The smallest absolute Gasteiger partial charge is 0.269 e. The Morgan fingerprint density at radius 1 is 1.24 bits per heavy atom. The Balaban J connectivity index is 1.65. The maximum absolute atomic E-state index is 11.8. The zero-order chi connectivity index (χ0) is 17.8. The third-order valence-electron chi connectivity index (χ3n) is 5.75. The standard InChI is InChI=1S/C20H32N4O/c1-4-17-19(8-7-18(22-17)20(25)21-3)23-12-9-16(10-13-23)24-11-5-6-15(2)14-24/h7-8,15-16H,4-6,9-14H2,1-3H3,(H,21,25). The number of pyridine rings is 1. The second kappa shape index (κ2) is 8.17. The number of aromatic nitrogens is 1. The van der Waals surface area contributed by atoms with Crippen molar-refractivity contribution in [2.24, 2.45) is 5.92 Å². The summed E-state index contributed by atoms with van der Waals surface area (Å²) in [6, 6.07) is 4.67. The van der Waals surface area contributed by atoms with E-state index in [-0.39, 0.29) is 5.91 Å². The number of hydrogen-bond acceptors (Lipinski definition) is 4. The molecule has 1 aromatic rings. The molecule has 1 N–H and O–H groups in total. The van der Waals surface area contributed by atoms with E-state index in [4.69, 9.17) is 0 Å². The second-order valence-electron chi connectivity index (χ2n) is 7.56. The van der Waals surface area contributed by atoms with Gasteiger partial charge in [-0.25, -0.2) is 4.98 Å². The van der Waals surface area contributed by atoms with E-state index in [0.29, 0.717) is 5.69 Å². The topological polar surface area (TPSA) is 48.5 Å². The zero-order valence-corrected chi connectivity index (χ0v) is 15.9. The first-order chi connectivity index (χ1) is 12.1. The van der Waals surface area contributed by atoms with Crippen LogP contribution in [-0.2, 0) is 6.42 Å². The Morgan fingerprint density at radius 2 is 2.00 bits per heavy atom. The summed E-state index contributed by atoms with van der Waals surface area (Å²) >= 11 is 0. The minimum Gasteiger partial charge on any atom is -0.370 e. The predicted molar refractivity (Wildman–Crippen MR) is 102 cm³/mol. The van der Waals surface area contributed by atoms with Gasteiger partial charge in [-0.2, -0.15) is 0 Å². The first-order valence-electron chi connectivity index (χ1n) is 9.83. The molecule has 2 aliphatic rings. The minimum atomic E-state index is -0.112. The van der Waals surface area contributed by atoms with Crippen LogP contribution in [0.25, 0.3) is 0 Å². The van der Waals surface area contributed by atoms with Crippen molar-refractivity contribution in [3.63, 3.8) is 0 Å². The number of hydrogen-bond donors (Lipinski definition) is 1. The molecule has 0 saturated carbocycles. The molecule has 3 rings (SSSR count). The maximum Gasteiger partial charge on any atom is 0.269 e. The van der Waals surface area contributed by atoms with Crippen LogP contribution in [0.1, 0.15) is 55.7 Å². The van der Waals surface area contributed by atoms with Crippen molar-refractivity contribution in [3.05, 3.63) is 23.5 Å². The molecule has 1 amide bonds. The first kappa shape index (κ1) is 18.2. The van der Waals surface area contributed by atoms with E-state index in [9.17, 15) is 4.79 Å². The summed E-state index contributed by atoms with van der Waals surface area (Å²) in [5, 5.41) is 2.66. The molecule has 5 nitrogen and oxygen atoms in total. The number of amides is 1. The van der Waals surface area contributed by atoms with E-state index in [1.165, 1.54) is 44.5 Å². The molecule has 5 heteroatoms. The highest BCUT2D eigenvalue weighted by Gasteiger charge is 2.28. The fourth-order valence-electron chi connectivity index (χ4n) is 4.33. The van der Waals surface area contributed by atoms with Crippen LogP contribution in [-0.4, -0.2) is 55.1 Å². The van der Waals surface area contributed by atoms with Gasteiger partial charge in [-0.05, 0) is 56.7 Å². The number of rotatable bonds is 4. The van der Waals surface area contributed by atoms with Gasteiger partial charge in [-0.15, -0.1) is 0 Å². The van der Waals surface area contributed by atoms with Gasteiger partial charge < -0.3 is 10.2 Å². The van der Waals surface area contributed by atoms with E-state index in [1.807, 2.05) is 6.07 Å². The normalized spacial score (nSPS) is 22.8. The van der Waals surface area contributed by atoms with Gasteiger partial charge in [0, 0.05) is 32.7 Å². The molecule has 0 bridgehead atoms. The van der Waals surface area contributed by atoms with Crippen LogP contribution >= 0.6 is 0 Å². The van der Waals surface area contributed by atoms with Gasteiger partial charge in [0.25, 0.3) is 5.91 Å². The highest BCUT2D eigenvalue weighted by molar-refractivity contribution is 5.92. The monoisotopic (exact) mass is 344 g/mol. The fourth-order valence-corrected chi connectivity index (χ4v) is 4.33. The van der Waals surface area contributed by atoms with Crippen LogP contribution in [0, 0.1) is 5.92 Å². The summed E-state index contributed by atoms with van der Waals surface area (Å²) in [5.74, 6) is 0.735. The Hall–Kier alpha value is -1.62. The van der Waals surface area contributed by atoms with Crippen LogP contribution in [0.3, 0.4) is 0 Å². The van der Waals surface area contributed by atoms with E-state index in [0.717, 1.165) is 37.2 Å². The largest absolute Gasteiger partial charge is 0.370 e. The van der Waals surface area contributed by atoms with Crippen LogP contribution in [0.15, 0.2) is 12.1 Å². The molecule has 1 aromatic heterocycles. The maximum atomic E-state index is 11.8. The van der Waals surface area contributed by atoms with Gasteiger partial charge in [0.2, 0.25) is 0 Å². The Labute approximate surface area is 151 Å². The van der Waals surface area contributed by atoms with Crippen LogP contribution in [0.2, 0.25) is 0 Å². The Kier molecular flexibility index (Phi) is 5.94. The number of piperidine rings is 2. The summed E-state index contributed by atoms with van der Waals surface area (Å²) in [6.07, 6.45) is 6.05. The van der Waals surface area contributed by atoms with Gasteiger partial charge in [-0.1, -0.05) is 13.8 Å². The fraction of sp³-hybridized carbons (Fsp3) is 0.700. The highest BCUT2D eigenvalue weighted by Crippen LogP contribution is 2.28. The number of carbonyl (C=O) groups excluding carboxylic acids is 1. The minimum absolute atomic E-state index is 0.112. The molecule has 138 valence electrons. The Bertz CT molecular complexity index is 595. The lowest BCUT2D eigenvalue weighted by atomic mass is 9.95. The number of nitrogens with zero attached hydrogens (tertiary/aromatic N) is 3. The zero-order valence-electron chi connectivity index (χ0n) is 15.9. The average molecular weight is 345 g/mol. The quantitative estimate of drug-likeness (QED) is 0.912. The molecule has 0 aliphatic carbocycles. The van der Waals surface area contributed by atoms with E-state index in [2.05, 4.69) is 40.0 Å². The number of nitrogens with one attached hydrogen (secondary N) is 1. The van der Waals surface area contributed by atoms with Gasteiger partial charge in [0.05, 0.1) is 11.4 Å². The van der Waals surface area contributed by atoms with Gasteiger partial charge in [0.15, 0.2) is 0 Å². The number of likely N-dealkylation sites (tertiary alicyclic amines) is 1. The van der Waals surface area contributed by atoms with Crippen molar-refractivity contribution in [2.75, 3.05) is 38.1 Å². The molecule has 1 unspecified atom stereocenters. The average Bonchev–Trinajstić information content (AvgIpc) is 2.67. The molecule has 2 fully saturated rings. The van der Waals surface area contributed by atoms with Gasteiger partial charge >= 0.3 is 0 Å². The van der Waals surface area contributed by atoms with E-state index in [1.54, 1.807) is 7.05 Å². The number of anilines is 1. The first-order valence-corrected chi connectivity index (χ1v) is 9.83. The molecular weight excluding hydrogens is 312 g/mol. The third kappa shape index (κ3) is 4.14. The predicted octanol–water partition coefficient (Wildman–Crippen LogP) is 2.70. The van der Waals surface area contributed by atoms with Crippen molar-refractivity contribution < 1.29 is 4.79 Å². The molecule has 2 saturated heterocycles. The lowest BCUT2D eigenvalue weighted by Crippen LogP contribution is -2.48. The molecule has 0 aromatic carbocycles. The summed E-state index contributed by atoms with van der Waals surface area (Å²) in [6.45, 7) is 9.22. The molecule has 25 heavy (non-hydrogen) atoms. The molecule has 3 heterocycles. The van der Waals surface area contributed by atoms with Crippen LogP contribution in [0.5, 0.6) is 0 Å². The lowest BCUT2D eigenvalue weighted by molar-refractivity contribution is 0.0958. The second-order valence-corrected chi connectivity index (χ2v) is 7.56. The molecule has 2 aliphatic heterocycles. The summed E-state index contributed by atoms with van der Waals surface area (Å²) in [5.41, 5.74) is 2.76. The molecular formula is C20H32N4O. The van der Waals surface area contributed by atoms with Crippen LogP contribution < -0.4 is 10.2 Å². The molecule has 0 spiro atoms. The van der Waals surface area contributed by atoms with Crippen molar-refractivity contribution >= 4 is 11.6 Å². The van der Waals surface area contributed by atoms with E-state index >= 15 is 0 Å². The van der Waals surface area contributed by atoms with Crippen molar-refractivity contribution in [2.45, 2.75) is 52.0 Å². The van der Waals surface area contributed by atoms with Crippen LogP contribution in [0.4, 0.5) is 5.69 Å². The van der Waals surface area contributed by atoms with E-state index < -0.39 is 0 Å². The third-order valence-corrected chi connectivity index (χ3v) is 5.75. The SMILES string of the molecule is CCc1nc(C(=O)NC)ccc1N1CCC(N2CCCC(C)C2)CC1. The Morgan fingerprint density at radius 3 is 2.64 bits per heavy atom. The molecule has 0 radical (unpaired) electrons. The number of carbonyl (C=O) groups is 1. The highest BCUT2D eigenvalue weighted by atomic mass is 16.1.